The van der Waals surface area contributed by atoms with E-state index in [9.17, 15) is 0 Å². The number of hydrogen-bond acceptors (Lipinski definition) is 2. The van der Waals surface area contributed by atoms with Crippen molar-refractivity contribution in [2.45, 2.75) is 38.8 Å². The summed E-state index contributed by atoms with van der Waals surface area (Å²) in [5.74, 6) is 0. The van der Waals surface area contributed by atoms with Gasteiger partial charge in [-0.25, -0.2) is 0 Å². The third-order valence-electron chi connectivity index (χ3n) is 1.96. The molecule has 0 amide bonds. The van der Waals surface area contributed by atoms with E-state index in [1.54, 1.807) is 7.11 Å². The maximum Gasteiger partial charge on any atom is 0.0721 e. The number of likely N-dealkylation sites (N-methyl/N-ethyl adjacent to an activating group) is 1. The zero-order chi connectivity index (χ0) is 7.98. The molecule has 0 aliphatic heterocycles. The summed E-state index contributed by atoms with van der Waals surface area (Å²) in [5, 5.41) is 3.23. The van der Waals surface area contributed by atoms with Crippen LogP contribution in [0.3, 0.4) is 0 Å². The SMILES string of the molecule is CCC(NC)C(CC)OC. The molecule has 2 heteroatoms. The molecule has 0 rings (SSSR count). The molecule has 0 aromatic carbocycles. The molecular weight excluding hydrogens is 126 g/mol. The lowest BCUT2D eigenvalue weighted by molar-refractivity contribution is 0.0666. The minimum atomic E-state index is 0.370. The molecule has 62 valence electrons. The summed E-state index contributed by atoms with van der Waals surface area (Å²) in [7, 11) is 3.75. The molecular formula is C8H19NO. The van der Waals surface area contributed by atoms with Crippen molar-refractivity contribution in [2.24, 2.45) is 0 Å². The quantitative estimate of drug-likeness (QED) is 0.631. The van der Waals surface area contributed by atoms with Crippen molar-refractivity contribution in [1.82, 2.24) is 5.32 Å². The van der Waals surface area contributed by atoms with Gasteiger partial charge in [-0.05, 0) is 19.9 Å². The van der Waals surface area contributed by atoms with E-state index in [2.05, 4.69) is 19.2 Å². The van der Waals surface area contributed by atoms with Crippen LogP contribution < -0.4 is 5.32 Å². The Morgan fingerprint density at radius 2 is 1.90 bits per heavy atom. The molecule has 2 nitrogen and oxygen atoms in total. The van der Waals surface area contributed by atoms with Crippen molar-refractivity contribution in [3.8, 4) is 0 Å². The van der Waals surface area contributed by atoms with E-state index in [4.69, 9.17) is 4.74 Å². The van der Waals surface area contributed by atoms with Gasteiger partial charge >= 0.3 is 0 Å². The number of methoxy groups -OCH3 is 1. The van der Waals surface area contributed by atoms with Crippen molar-refractivity contribution in [3.63, 3.8) is 0 Å². The largest absolute Gasteiger partial charge is 0.380 e. The van der Waals surface area contributed by atoms with E-state index in [0.29, 0.717) is 12.1 Å². The van der Waals surface area contributed by atoms with Gasteiger partial charge in [-0.15, -0.1) is 0 Å². The zero-order valence-corrected chi connectivity index (χ0v) is 7.48. The van der Waals surface area contributed by atoms with E-state index in [1.165, 1.54) is 0 Å². The fourth-order valence-electron chi connectivity index (χ4n) is 1.27. The molecule has 2 unspecified atom stereocenters. The van der Waals surface area contributed by atoms with Gasteiger partial charge in [-0.1, -0.05) is 13.8 Å². The van der Waals surface area contributed by atoms with Gasteiger partial charge in [0.05, 0.1) is 6.10 Å². The second-order valence-corrected chi connectivity index (χ2v) is 2.49. The van der Waals surface area contributed by atoms with Crippen LogP contribution in [-0.4, -0.2) is 26.3 Å². The molecule has 2 atom stereocenters. The Hall–Kier alpha value is -0.0800. The van der Waals surface area contributed by atoms with Crippen LogP contribution in [-0.2, 0) is 4.74 Å². The predicted octanol–water partition coefficient (Wildman–Crippen LogP) is 1.41. The first-order valence-corrected chi connectivity index (χ1v) is 4.00. The van der Waals surface area contributed by atoms with Gasteiger partial charge in [0.1, 0.15) is 0 Å². The number of nitrogens with one attached hydrogen (secondary N) is 1. The van der Waals surface area contributed by atoms with Gasteiger partial charge in [0.25, 0.3) is 0 Å². The third-order valence-corrected chi connectivity index (χ3v) is 1.96. The van der Waals surface area contributed by atoms with Crippen LogP contribution >= 0.6 is 0 Å². The lowest BCUT2D eigenvalue weighted by Gasteiger charge is -2.22. The summed E-state index contributed by atoms with van der Waals surface area (Å²) >= 11 is 0. The standard InChI is InChI=1S/C8H19NO/c1-5-7(9-3)8(6-2)10-4/h7-9H,5-6H2,1-4H3. The van der Waals surface area contributed by atoms with Crippen LogP contribution in [0, 0.1) is 0 Å². The molecule has 0 heterocycles. The number of hydrogen-bond donors (Lipinski definition) is 1. The van der Waals surface area contributed by atoms with Crippen LogP contribution in [0.15, 0.2) is 0 Å². The van der Waals surface area contributed by atoms with Gasteiger partial charge < -0.3 is 10.1 Å². The third kappa shape index (κ3) is 2.67. The van der Waals surface area contributed by atoms with Gasteiger partial charge in [0, 0.05) is 13.2 Å². The lowest BCUT2D eigenvalue weighted by Crippen LogP contribution is -2.37. The van der Waals surface area contributed by atoms with E-state index in [0.717, 1.165) is 12.8 Å². The highest BCUT2D eigenvalue weighted by atomic mass is 16.5. The van der Waals surface area contributed by atoms with Crippen LogP contribution in [0.5, 0.6) is 0 Å². The Morgan fingerprint density at radius 3 is 2.00 bits per heavy atom. The molecule has 0 fully saturated rings. The van der Waals surface area contributed by atoms with Crippen molar-refractivity contribution < 1.29 is 4.74 Å². The maximum absolute atomic E-state index is 5.28. The number of rotatable bonds is 5. The fraction of sp³-hybridized carbons (Fsp3) is 1.00. The van der Waals surface area contributed by atoms with Crippen molar-refractivity contribution >= 4 is 0 Å². The molecule has 0 bridgehead atoms. The second kappa shape index (κ2) is 5.69. The van der Waals surface area contributed by atoms with Gasteiger partial charge in [0.2, 0.25) is 0 Å². The molecule has 0 spiro atoms. The van der Waals surface area contributed by atoms with Gasteiger partial charge in [-0.3, -0.25) is 0 Å². The van der Waals surface area contributed by atoms with Crippen LogP contribution in [0.25, 0.3) is 0 Å². The Balaban J connectivity index is 3.70. The van der Waals surface area contributed by atoms with Crippen LogP contribution in [0.1, 0.15) is 26.7 Å². The van der Waals surface area contributed by atoms with Crippen LogP contribution in [0.2, 0.25) is 0 Å². The monoisotopic (exact) mass is 145 g/mol. The minimum absolute atomic E-state index is 0.370. The molecule has 0 aliphatic rings. The van der Waals surface area contributed by atoms with Crippen LogP contribution in [0.4, 0.5) is 0 Å². The molecule has 10 heavy (non-hydrogen) atoms. The molecule has 0 saturated heterocycles. The highest BCUT2D eigenvalue weighted by Gasteiger charge is 2.14. The molecule has 0 aromatic rings. The fourth-order valence-corrected chi connectivity index (χ4v) is 1.27. The van der Waals surface area contributed by atoms with E-state index >= 15 is 0 Å². The normalized spacial score (nSPS) is 16.8. The van der Waals surface area contributed by atoms with Gasteiger partial charge in [0.15, 0.2) is 0 Å². The molecule has 0 radical (unpaired) electrons. The first kappa shape index (κ1) is 9.92. The predicted molar refractivity (Wildman–Crippen MR) is 44.2 cm³/mol. The first-order valence-electron chi connectivity index (χ1n) is 4.00. The average molecular weight is 145 g/mol. The average Bonchev–Trinajstić information content (AvgIpc) is 2.00. The Kier molecular flexibility index (Phi) is 5.64. The maximum atomic E-state index is 5.28. The first-order chi connectivity index (χ1) is 4.79. The second-order valence-electron chi connectivity index (χ2n) is 2.49. The smallest absolute Gasteiger partial charge is 0.0721 e. The topological polar surface area (TPSA) is 21.3 Å². The van der Waals surface area contributed by atoms with Gasteiger partial charge in [-0.2, -0.15) is 0 Å². The lowest BCUT2D eigenvalue weighted by atomic mass is 10.1. The highest BCUT2D eigenvalue weighted by molar-refractivity contribution is 4.72. The molecule has 1 N–H and O–H groups in total. The van der Waals surface area contributed by atoms with E-state index in [1.807, 2.05) is 7.05 Å². The summed E-state index contributed by atoms with van der Waals surface area (Å²) in [4.78, 5) is 0. The molecule has 0 saturated carbocycles. The van der Waals surface area contributed by atoms with Crippen molar-refractivity contribution in [1.29, 1.82) is 0 Å². The zero-order valence-electron chi connectivity index (χ0n) is 7.48. The summed E-state index contributed by atoms with van der Waals surface area (Å²) in [6.07, 6.45) is 2.58. The molecule has 0 aromatic heterocycles. The molecule has 0 aliphatic carbocycles. The minimum Gasteiger partial charge on any atom is -0.380 e. The van der Waals surface area contributed by atoms with Crippen molar-refractivity contribution in [2.75, 3.05) is 14.2 Å². The van der Waals surface area contributed by atoms with E-state index in [-0.39, 0.29) is 0 Å². The highest BCUT2D eigenvalue weighted by Crippen LogP contribution is 2.05. The summed E-state index contributed by atoms with van der Waals surface area (Å²) < 4.78 is 5.28. The summed E-state index contributed by atoms with van der Waals surface area (Å²) in [5.41, 5.74) is 0. The Labute approximate surface area is 64.0 Å². The van der Waals surface area contributed by atoms with E-state index < -0.39 is 0 Å². The Morgan fingerprint density at radius 1 is 1.30 bits per heavy atom. The summed E-state index contributed by atoms with van der Waals surface area (Å²) in [6, 6.07) is 0.509. The number of ether oxygens (including phenoxy) is 1. The summed E-state index contributed by atoms with van der Waals surface area (Å²) in [6.45, 7) is 4.32. The van der Waals surface area contributed by atoms with Crippen molar-refractivity contribution in [3.05, 3.63) is 0 Å². The Bertz CT molecular complexity index is 57.7.